The van der Waals surface area contributed by atoms with Crippen molar-refractivity contribution in [3.8, 4) is 0 Å². The second kappa shape index (κ2) is 2.89. The van der Waals surface area contributed by atoms with E-state index in [1.807, 2.05) is 6.92 Å². The molecule has 2 nitrogen and oxygen atoms in total. The topological polar surface area (TPSA) is 29.5 Å². The van der Waals surface area contributed by atoms with Gasteiger partial charge < -0.3 is 9.84 Å². The molecule has 1 rings (SSSR count). The van der Waals surface area contributed by atoms with Gasteiger partial charge in [-0.3, -0.25) is 0 Å². The molecule has 2 atom stereocenters. The van der Waals surface area contributed by atoms with Crippen LogP contribution in [0, 0.1) is 11.3 Å². The van der Waals surface area contributed by atoms with Crippen molar-refractivity contribution in [1.82, 2.24) is 0 Å². The fourth-order valence-corrected chi connectivity index (χ4v) is 1.30. The van der Waals surface area contributed by atoms with Gasteiger partial charge in [0.2, 0.25) is 0 Å². The maximum absolute atomic E-state index is 8.79. The molecule has 1 N–H and O–H groups in total. The fraction of sp³-hybridized carbons (Fsp3) is 1.00. The Bertz CT molecular complexity index is 114. The Labute approximate surface area is 62.2 Å². The molecule has 1 saturated carbocycles. The molecule has 1 aliphatic carbocycles. The van der Waals surface area contributed by atoms with Crippen molar-refractivity contribution in [2.24, 2.45) is 11.3 Å². The van der Waals surface area contributed by atoms with Crippen molar-refractivity contribution in [3.05, 3.63) is 0 Å². The normalized spacial score (nSPS) is 38.1. The minimum Gasteiger partial charge on any atom is -0.396 e. The van der Waals surface area contributed by atoms with Crippen molar-refractivity contribution in [2.75, 3.05) is 19.8 Å². The van der Waals surface area contributed by atoms with Crippen LogP contribution >= 0.6 is 0 Å². The van der Waals surface area contributed by atoms with Crippen molar-refractivity contribution in [1.29, 1.82) is 0 Å². The lowest BCUT2D eigenvalue weighted by atomic mass is 10.1. The number of aliphatic hydroxyl groups is 1. The molecule has 0 heterocycles. The lowest BCUT2D eigenvalue weighted by Crippen LogP contribution is -2.10. The van der Waals surface area contributed by atoms with Crippen LogP contribution in [0.15, 0.2) is 0 Å². The Balaban J connectivity index is 2.16. The maximum atomic E-state index is 8.79. The van der Waals surface area contributed by atoms with E-state index in [4.69, 9.17) is 9.84 Å². The molecule has 0 radical (unpaired) electrons. The SMILES string of the molecule is CCOCC1(C)CC1CO. The molecule has 0 aliphatic heterocycles. The van der Waals surface area contributed by atoms with Gasteiger partial charge in [-0.15, -0.1) is 0 Å². The molecular formula is C8H16O2. The highest BCUT2D eigenvalue weighted by Gasteiger charge is 2.49. The van der Waals surface area contributed by atoms with Crippen LogP contribution < -0.4 is 0 Å². The summed E-state index contributed by atoms with van der Waals surface area (Å²) >= 11 is 0. The summed E-state index contributed by atoms with van der Waals surface area (Å²) in [4.78, 5) is 0. The molecule has 60 valence electrons. The molecule has 1 fully saturated rings. The average Bonchev–Trinajstić information content (AvgIpc) is 2.59. The van der Waals surface area contributed by atoms with Gasteiger partial charge in [0.05, 0.1) is 6.61 Å². The largest absolute Gasteiger partial charge is 0.396 e. The minimum atomic E-state index is 0.296. The summed E-state index contributed by atoms with van der Waals surface area (Å²) in [7, 11) is 0. The zero-order chi connectivity index (χ0) is 7.61. The van der Waals surface area contributed by atoms with E-state index >= 15 is 0 Å². The molecule has 0 amide bonds. The summed E-state index contributed by atoms with van der Waals surface area (Å²) in [5.74, 6) is 0.499. The molecule has 1 aliphatic rings. The average molecular weight is 144 g/mol. The van der Waals surface area contributed by atoms with Crippen molar-refractivity contribution >= 4 is 0 Å². The lowest BCUT2D eigenvalue weighted by Gasteiger charge is -2.08. The molecular weight excluding hydrogens is 128 g/mol. The van der Waals surface area contributed by atoms with Gasteiger partial charge in [0, 0.05) is 13.2 Å². The lowest BCUT2D eigenvalue weighted by molar-refractivity contribution is 0.0946. The van der Waals surface area contributed by atoms with E-state index in [9.17, 15) is 0 Å². The number of hydrogen-bond acceptors (Lipinski definition) is 2. The highest BCUT2D eigenvalue weighted by molar-refractivity contribution is 4.98. The van der Waals surface area contributed by atoms with Crippen molar-refractivity contribution in [3.63, 3.8) is 0 Å². The molecule has 0 bridgehead atoms. The summed E-state index contributed by atoms with van der Waals surface area (Å²) in [5, 5.41) is 8.79. The van der Waals surface area contributed by atoms with Gasteiger partial charge in [-0.05, 0) is 24.7 Å². The Hall–Kier alpha value is -0.0800. The molecule has 0 aromatic rings. The molecule has 10 heavy (non-hydrogen) atoms. The molecule has 0 aromatic heterocycles. The summed E-state index contributed by atoms with van der Waals surface area (Å²) < 4.78 is 5.28. The maximum Gasteiger partial charge on any atom is 0.0523 e. The minimum absolute atomic E-state index is 0.296. The van der Waals surface area contributed by atoms with Crippen molar-refractivity contribution in [2.45, 2.75) is 20.3 Å². The zero-order valence-electron chi connectivity index (χ0n) is 6.76. The predicted molar refractivity (Wildman–Crippen MR) is 39.8 cm³/mol. The summed E-state index contributed by atoms with van der Waals surface area (Å²) in [6, 6.07) is 0. The Kier molecular flexibility index (Phi) is 2.32. The van der Waals surface area contributed by atoms with Crippen LogP contribution in [-0.4, -0.2) is 24.9 Å². The first-order valence-corrected chi connectivity index (χ1v) is 3.91. The first-order chi connectivity index (χ1) is 4.73. The van der Waals surface area contributed by atoms with Gasteiger partial charge in [-0.1, -0.05) is 6.92 Å². The highest BCUT2D eigenvalue weighted by Crippen LogP contribution is 2.51. The smallest absolute Gasteiger partial charge is 0.0523 e. The fourth-order valence-electron chi connectivity index (χ4n) is 1.30. The van der Waals surface area contributed by atoms with E-state index in [-0.39, 0.29) is 0 Å². The summed E-state index contributed by atoms with van der Waals surface area (Å²) in [5.41, 5.74) is 0.296. The summed E-state index contributed by atoms with van der Waals surface area (Å²) in [6.45, 7) is 6.09. The van der Waals surface area contributed by atoms with Crippen LogP contribution in [-0.2, 0) is 4.74 Å². The van der Waals surface area contributed by atoms with Crippen LogP contribution in [0.3, 0.4) is 0 Å². The van der Waals surface area contributed by atoms with Crippen LogP contribution in [0.5, 0.6) is 0 Å². The quantitative estimate of drug-likeness (QED) is 0.639. The molecule has 2 unspecified atom stereocenters. The van der Waals surface area contributed by atoms with Crippen LogP contribution in [0.4, 0.5) is 0 Å². The van der Waals surface area contributed by atoms with Crippen molar-refractivity contribution < 1.29 is 9.84 Å². The van der Waals surface area contributed by atoms with E-state index in [2.05, 4.69) is 6.92 Å². The van der Waals surface area contributed by atoms with E-state index < -0.39 is 0 Å². The first-order valence-electron chi connectivity index (χ1n) is 3.91. The highest BCUT2D eigenvalue weighted by atomic mass is 16.5. The van der Waals surface area contributed by atoms with Gasteiger partial charge in [0.25, 0.3) is 0 Å². The second-order valence-corrected chi connectivity index (χ2v) is 3.37. The van der Waals surface area contributed by atoms with Gasteiger partial charge in [0.15, 0.2) is 0 Å². The Morgan fingerprint density at radius 3 is 2.80 bits per heavy atom. The Morgan fingerprint density at radius 1 is 1.70 bits per heavy atom. The number of hydrogen-bond donors (Lipinski definition) is 1. The second-order valence-electron chi connectivity index (χ2n) is 3.37. The Morgan fingerprint density at radius 2 is 2.40 bits per heavy atom. The third kappa shape index (κ3) is 1.50. The monoisotopic (exact) mass is 144 g/mol. The third-order valence-corrected chi connectivity index (χ3v) is 2.39. The van der Waals surface area contributed by atoms with E-state index in [0.29, 0.717) is 17.9 Å². The molecule has 0 aromatic carbocycles. The first kappa shape index (κ1) is 8.02. The molecule has 0 saturated heterocycles. The van der Waals surface area contributed by atoms with Gasteiger partial charge in [-0.2, -0.15) is 0 Å². The van der Waals surface area contributed by atoms with E-state index in [1.54, 1.807) is 0 Å². The zero-order valence-corrected chi connectivity index (χ0v) is 6.76. The van der Waals surface area contributed by atoms with Crippen LogP contribution in [0.1, 0.15) is 20.3 Å². The number of rotatable bonds is 4. The number of aliphatic hydroxyl groups excluding tert-OH is 1. The van der Waals surface area contributed by atoms with Gasteiger partial charge >= 0.3 is 0 Å². The third-order valence-electron chi connectivity index (χ3n) is 2.39. The standard InChI is InChI=1S/C8H16O2/c1-3-10-6-8(2)4-7(8)5-9/h7,9H,3-6H2,1-2H3. The molecule has 0 spiro atoms. The van der Waals surface area contributed by atoms with Gasteiger partial charge in [0.1, 0.15) is 0 Å². The molecule has 2 heteroatoms. The summed E-state index contributed by atoms with van der Waals surface area (Å²) in [6.07, 6.45) is 1.13. The predicted octanol–water partition coefficient (Wildman–Crippen LogP) is 1.04. The van der Waals surface area contributed by atoms with Crippen LogP contribution in [0.25, 0.3) is 0 Å². The van der Waals surface area contributed by atoms with Crippen LogP contribution in [0.2, 0.25) is 0 Å². The number of ether oxygens (including phenoxy) is 1. The van der Waals surface area contributed by atoms with Gasteiger partial charge in [-0.25, -0.2) is 0 Å². The van der Waals surface area contributed by atoms with E-state index in [1.165, 1.54) is 0 Å². The van der Waals surface area contributed by atoms with E-state index in [0.717, 1.165) is 19.6 Å².